The van der Waals surface area contributed by atoms with Crippen molar-refractivity contribution >= 4 is 11.7 Å². The zero-order valence-electron chi connectivity index (χ0n) is 18.3. The Hall–Kier alpha value is -3.44. The molecule has 5 nitrogen and oxygen atoms in total. The van der Waals surface area contributed by atoms with Crippen molar-refractivity contribution in [3.05, 3.63) is 101 Å². The predicted octanol–water partition coefficient (Wildman–Crippen LogP) is 4.49. The standard InChI is InChI=1S/C27H28N2O3/c1-32-22-13-9-12-21(18-22)25(29-16-7-8-17-29)19-28-27(31)24-15-6-5-14-23(24)26(30)20-10-3-2-4-11-20/h2-6,9-15,18,25H,7-8,16-17,19H2,1H3,(H,28,31). The molecule has 1 N–H and O–H groups in total. The van der Waals surface area contributed by atoms with Crippen LogP contribution in [0.5, 0.6) is 5.75 Å². The summed E-state index contributed by atoms with van der Waals surface area (Å²) in [6.45, 7) is 2.46. The van der Waals surface area contributed by atoms with Crippen LogP contribution in [0, 0.1) is 0 Å². The molecule has 32 heavy (non-hydrogen) atoms. The maximum atomic E-state index is 13.2. The van der Waals surface area contributed by atoms with E-state index < -0.39 is 0 Å². The van der Waals surface area contributed by atoms with Crippen LogP contribution in [-0.4, -0.2) is 43.3 Å². The molecule has 0 aromatic heterocycles. The van der Waals surface area contributed by atoms with Gasteiger partial charge in [0.2, 0.25) is 0 Å². The van der Waals surface area contributed by atoms with Crippen LogP contribution < -0.4 is 10.1 Å². The van der Waals surface area contributed by atoms with Gasteiger partial charge in [0.1, 0.15) is 5.75 Å². The summed E-state index contributed by atoms with van der Waals surface area (Å²) in [5, 5.41) is 3.08. The van der Waals surface area contributed by atoms with Crippen molar-refractivity contribution in [2.45, 2.75) is 18.9 Å². The lowest BCUT2D eigenvalue weighted by atomic mass is 9.97. The van der Waals surface area contributed by atoms with Crippen LogP contribution in [0.4, 0.5) is 0 Å². The molecule has 3 aromatic carbocycles. The monoisotopic (exact) mass is 428 g/mol. The quantitative estimate of drug-likeness (QED) is 0.537. The second-order valence-corrected chi connectivity index (χ2v) is 7.99. The minimum absolute atomic E-state index is 0.0496. The molecule has 5 heteroatoms. The Kier molecular flexibility index (Phi) is 6.97. The number of rotatable bonds is 8. The number of carbonyl (C=O) groups is 2. The summed E-state index contributed by atoms with van der Waals surface area (Å²) in [4.78, 5) is 28.6. The highest BCUT2D eigenvalue weighted by molar-refractivity contribution is 6.15. The van der Waals surface area contributed by atoms with Crippen molar-refractivity contribution in [1.29, 1.82) is 0 Å². The molecular weight excluding hydrogens is 400 g/mol. The summed E-state index contributed by atoms with van der Waals surface area (Å²) in [7, 11) is 1.66. The molecule has 4 rings (SSSR count). The van der Waals surface area contributed by atoms with Gasteiger partial charge in [0.05, 0.1) is 18.7 Å². The zero-order valence-corrected chi connectivity index (χ0v) is 18.3. The number of carbonyl (C=O) groups excluding carboxylic acids is 2. The van der Waals surface area contributed by atoms with Crippen LogP contribution in [0.15, 0.2) is 78.9 Å². The highest BCUT2D eigenvalue weighted by atomic mass is 16.5. The number of nitrogens with one attached hydrogen (secondary N) is 1. The number of likely N-dealkylation sites (tertiary alicyclic amines) is 1. The summed E-state index contributed by atoms with van der Waals surface area (Å²) in [5.41, 5.74) is 2.49. The SMILES string of the molecule is COc1cccc(C(CNC(=O)c2ccccc2C(=O)c2ccccc2)N2CCCC2)c1. The van der Waals surface area contributed by atoms with Gasteiger partial charge in [-0.2, -0.15) is 0 Å². The number of ketones is 1. The van der Waals surface area contributed by atoms with Crippen molar-refractivity contribution in [3.8, 4) is 5.75 Å². The van der Waals surface area contributed by atoms with Crippen LogP contribution in [-0.2, 0) is 0 Å². The Morgan fingerprint density at radius 3 is 2.31 bits per heavy atom. The lowest BCUT2D eigenvalue weighted by Gasteiger charge is -2.28. The van der Waals surface area contributed by atoms with Gasteiger partial charge in [0.25, 0.3) is 5.91 Å². The second-order valence-electron chi connectivity index (χ2n) is 7.99. The average Bonchev–Trinajstić information content (AvgIpc) is 3.39. The van der Waals surface area contributed by atoms with Crippen molar-refractivity contribution in [2.75, 3.05) is 26.7 Å². The molecule has 0 spiro atoms. The van der Waals surface area contributed by atoms with Crippen molar-refractivity contribution in [3.63, 3.8) is 0 Å². The highest BCUT2D eigenvalue weighted by Gasteiger charge is 2.25. The summed E-state index contributed by atoms with van der Waals surface area (Å²) in [6.07, 6.45) is 2.31. The van der Waals surface area contributed by atoms with Crippen molar-refractivity contribution < 1.29 is 14.3 Å². The van der Waals surface area contributed by atoms with Crippen LogP contribution in [0.2, 0.25) is 0 Å². The van der Waals surface area contributed by atoms with Crippen LogP contribution in [0.25, 0.3) is 0 Å². The van der Waals surface area contributed by atoms with Gasteiger partial charge in [-0.15, -0.1) is 0 Å². The number of nitrogens with zero attached hydrogens (tertiary/aromatic N) is 1. The molecular formula is C27H28N2O3. The van der Waals surface area contributed by atoms with E-state index in [2.05, 4.69) is 16.3 Å². The number of amides is 1. The fraction of sp³-hybridized carbons (Fsp3) is 0.259. The van der Waals surface area contributed by atoms with Gasteiger partial charge in [-0.25, -0.2) is 0 Å². The van der Waals surface area contributed by atoms with Crippen molar-refractivity contribution in [1.82, 2.24) is 10.2 Å². The van der Waals surface area contributed by atoms with E-state index in [0.29, 0.717) is 23.2 Å². The lowest BCUT2D eigenvalue weighted by Crippen LogP contribution is -2.37. The third-order valence-corrected chi connectivity index (χ3v) is 5.97. The van der Waals surface area contributed by atoms with Gasteiger partial charge in [0.15, 0.2) is 5.78 Å². The van der Waals surface area contributed by atoms with Crippen LogP contribution in [0.3, 0.4) is 0 Å². The lowest BCUT2D eigenvalue weighted by molar-refractivity contribution is 0.0928. The Balaban J connectivity index is 1.54. The third-order valence-electron chi connectivity index (χ3n) is 5.97. The molecule has 1 atom stereocenters. The maximum Gasteiger partial charge on any atom is 0.252 e. The molecule has 1 amide bonds. The molecule has 0 saturated carbocycles. The molecule has 1 aliphatic rings. The maximum absolute atomic E-state index is 13.2. The van der Waals surface area contributed by atoms with Gasteiger partial charge in [-0.05, 0) is 49.7 Å². The van der Waals surface area contributed by atoms with Crippen molar-refractivity contribution in [2.24, 2.45) is 0 Å². The van der Waals surface area contributed by atoms with Crippen LogP contribution >= 0.6 is 0 Å². The van der Waals surface area contributed by atoms with Gasteiger partial charge >= 0.3 is 0 Å². The Morgan fingerprint density at radius 1 is 0.906 bits per heavy atom. The highest BCUT2D eigenvalue weighted by Crippen LogP contribution is 2.27. The topological polar surface area (TPSA) is 58.6 Å². The van der Waals surface area contributed by atoms with Gasteiger partial charge in [-0.1, -0.05) is 60.7 Å². The Morgan fingerprint density at radius 2 is 1.59 bits per heavy atom. The first kappa shape index (κ1) is 21.8. The molecule has 1 saturated heterocycles. The molecule has 1 fully saturated rings. The van der Waals surface area contributed by atoms with E-state index in [1.807, 2.05) is 36.4 Å². The van der Waals surface area contributed by atoms with Gasteiger partial charge < -0.3 is 10.1 Å². The van der Waals surface area contributed by atoms with E-state index >= 15 is 0 Å². The van der Waals surface area contributed by atoms with Gasteiger partial charge in [-0.3, -0.25) is 14.5 Å². The Labute approximate surface area is 189 Å². The first-order chi connectivity index (χ1) is 15.7. The number of methoxy groups -OCH3 is 1. The first-order valence-electron chi connectivity index (χ1n) is 11.0. The molecule has 0 aliphatic carbocycles. The molecule has 3 aromatic rings. The van der Waals surface area contributed by atoms with E-state index in [9.17, 15) is 9.59 Å². The second kappa shape index (κ2) is 10.2. The summed E-state index contributed by atoms with van der Waals surface area (Å²) < 4.78 is 5.40. The minimum atomic E-state index is -0.239. The Bertz CT molecular complexity index is 1080. The normalized spacial score (nSPS) is 14.7. The smallest absolute Gasteiger partial charge is 0.252 e. The summed E-state index contributed by atoms with van der Waals surface area (Å²) in [5.74, 6) is 0.411. The van der Waals surface area contributed by atoms with E-state index in [1.165, 1.54) is 0 Å². The molecule has 1 heterocycles. The first-order valence-corrected chi connectivity index (χ1v) is 11.0. The van der Waals surface area contributed by atoms with E-state index in [1.54, 1.807) is 43.5 Å². The van der Waals surface area contributed by atoms with E-state index in [0.717, 1.165) is 37.2 Å². The average molecular weight is 429 g/mol. The molecule has 164 valence electrons. The third kappa shape index (κ3) is 4.89. The number of hydrogen-bond donors (Lipinski definition) is 1. The fourth-order valence-electron chi connectivity index (χ4n) is 4.27. The molecule has 1 aliphatic heterocycles. The minimum Gasteiger partial charge on any atom is -0.497 e. The number of ether oxygens (including phenoxy) is 1. The molecule has 0 radical (unpaired) electrons. The fourth-order valence-corrected chi connectivity index (χ4v) is 4.27. The molecule has 0 bridgehead atoms. The number of benzene rings is 3. The summed E-state index contributed by atoms with van der Waals surface area (Å²) >= 11 is 0. The van der Waals surface area contributed by atoms with E-state index in [4.69, 9.17) is 4.74 Å². The predicted molar refractivity (Wildman–Crippen MR) is 125 cm³/mol. The molecule has 1 unspecified atom stereocenters. The zero-order chi connectivity index (χ0) is 22.3. The number of hydrogen-bond acceptors (Lipinski definition) is 4. The largest absolute Gasteiger partial charge is 0.497 e. The van der Waals surface area contributed by atoms with E-state index in [-0.39, 0.29) is 17.7 Å². The van der Waals surface area contributed by atoms with Crippen LogP contribution in [0.1, 0.15) is 50.7 Å². The summed E-state index contributed by atoms with van der Waals surface area (Å²) in [6, 6.07) is 24.1. The van der Waals surface area contributed by atoms with Gasteiger partial charge in [0, 0.05) is 17.7 Å².